The van der Waals surface area contributed by atoms with Crippen LogP contribution in [0.15, 0.2) is 215 Å². The number of furan rings is 2. The Kier molecular flexibility index (Phi) is 8.11. The molecule has 298 valence electrons. The zero-order chi connectivity index (χ0) is 42.1. The van der Waals surface area contributed by atoms with Gasteiger partial charge in [-0.25, -0.2) is 19.9 Å². The van der Waals surface area contributed by atoms with Crippen molar-refractivity contribution in [3.05, 3.63) is 206 Å². The maximum Gasteiger partial charge on any atom is 0.167 e. The number of aromatic nitrogens is 4. The van der Waals surface area contributed by atoms with E-state index in [0.717, 1.165) is 110 Å². The van der Waals surface area contributed by atoms with Crippen LogP contribution in [0.5, 0.6) is 0 Å². The first kappa shape index (κ1) is 36.0. The summed E-state index contributed by atoms with van der Waals surface area (Å²) in [6.45, 7) is 0. The Balaban J connectivity index is 1.06. The van der Waals surface area contributed by atoms with Crippen molar-refractivity contribution in [2.45, 2.75) is 0 Å². The summed E-state index contributed by atoms with van der Waals surface area (Å²) >= 11 is 0. The number of para-hydroxylation sites is 4. The van der Waals surface area contributed by atoms with Crippen LogP contribution in [0.4, 0.5) is 0 Å². The predicted molar refractivity (Wildman–Crippen MR) is 260 cm³/mol. The third-order valence-electron chi connectivity index (χ3n) is 12.3. The first-order chi connectivity index (χ1) is 31.7. The van der Waals surface area contributed by atoms with Crippen LogP contribution >= 0.6 is 0 Å². The zero-order valence-corrected chi connectivity index (χ0v) is 34.2. The van der Waals surface area contributed by atoms with Crippen LogP contribution in [-0.4, -0.2) is 19.9 Å². The van der Waals surface area contributed by atoms with Gasteiger partial charge in [0, 0.05) is 60.0 Å². The lowest BCUT2D eigenvalue weighted by atomic mass is 9.89. The lowest BCUT2D eigenvalue weighted by Gasteiger charge is -2.16. The minimum Gasteiger partial charge on any atom is -0.456 e. The molecule has 0 aliphatic carbocycles. The van der Waals surface area contributed by atoms with Gasteiger partial charge < -0.3 is 8.83 Å². The fourth-order valence-corrected chi connectivity index (χ4v) is 9.36. The molecular weight excluding hydrogens is 785 g/mol. The summed E-state index contributed by atoms with van der Waals surface area (Å²) in [6.07, 6.45) is 0. The van der Waals surface area contributed by atoms with Gasteiger partial charge in [-0.05, 0) is 53.1 Å². The van der Waals surface area contributed by atoms with Gasteiger partial charge in [-0.15, -0.1) is 0 Å². The van der Waals surface area contributed by atoms with E-state index in [0.29, 0.717) is 17.5 Å². The van der Waals surface area contributed by atoms with E-state index in [1.54, 1.807) is 0 Å². The zero-order valence-electron chi connectivity index (χ0n) is 34.2. The molecule has 4 heterocycles. The van der Waals surface area contributed by atoms with E-state index in [1.165, 1.54) is 5.56 Å². The molecule has 64 heavy (non-hydrogen) atoms. The highest BCUT2D eigenvalue weighted by atomic mass is 16.3. The second-order valence-electron chi connectivity index (χ2n) is 16.1. The number of nitrogens with zero attached hydrogens (tertiary/aromatic N) is 4. The number of fused-ring (bicyclic) bond motifs is 9. The summed E-state index contributed by atoms with van der Waals surface area (Å²) in [7, 11) is 0. The van der Waals surface area contributed by atoms with Crippen molar-refractivity contribution in [2.24, 2.45) is 0 Å². The topological polar surface area (TPSA) is 77.8 Å². The summed E-state index contributed by atoms with van der Waals surface area (Å²) in [4.78, 5) is 20.9. The molecule has 4 aromatic heterocycles. The van der Waals surface area contributed by atoms with Crippen LogP contribution in [0.25, 0.3) is 133 Å². The molecule has 0 fully saturated rings. The lowest BCUT2D eigenvalue weighted by molar-refractivity contribution is 0.669. The largest absolute Gasteiger partial charge is 0.456 e. The van der Waals surface area contributed by atoms with Crippen molar-refractivity contribution in [3.63, 3.8) is 0 Å². The van der Waals surface area contributed by atoms with Crippen LogP contribution < -0.4 is 0 Å². The normalized spacial score (nSPS) is 11.8. The molecule has 0 spiro atoms. The van der Waals surface area contributed by atoms with E-state index >= 15 is 0 Å². The van der Waals surface area contributed by atoms with Gasteiger partial charge in [0.25, 0.3) is 0 Å². The van der Waals surface area contributed by atoms with Crippen molar-refractivity contribution in [3.8, 4) is 67.7 Å². The van der Waals surface area contributed by atoms with Crippen LogP contribution in [0.3, 0.4) is 0 Å². The molecular formula is C58H34N4O2. The predicted octanol–water partition coefficient (Wildman–Crippen LogP) is 15.4. The number of pyridine rings is 1. The molecule has 0 atom stereocenters. The van der Waals surface area contributed by atoms with E-state index < -0.39 is 0 Å². The average Bonchev–Trinajstić information content (AvgIpc) is 3.94. The van der Waals surface area contributed by atoms with E-state index in [-0.39, 0.29) is 0 Å². The summed E-state index contributed by atoms with van der Waals surface area (Å²) < 4.78 is 13.2. The molecule has 6 nitrogen and oxygen atoms in total. The van der Waals surface area contributed by atoms with Crippen LogP contribution in [-0.2, 0) is 0 Å². The number of rotatable bonds is 6. The Morgan fingerprint density at radius 2 is 0.859 bits per heavy atom. The van der Waals surface area contributed by atoms with Crippen molar-refractivity contribution in [1.29, 1.82) is 0 Å². The second kappa shape index (κ2) is 14.4. The summed E-state index contributed by atoms with van der Waals surface area (Å²) in [5.41, 5.74) is 12.9. The van der Waals surface area contributed by atoms with Gasteiger partial charge in [0.1, 0.15) is 22.3 Å². The lowest BCUT2D eigenvalue weighted by Crippen LogP contribution is -2.00. The van der Waals surface area contributed by atoms with E-state index in [4.69, 9.17) is 28.8 Å². The number of hydrogen-bond donors (Lipinski definition) is 0. The van der Waals surface area contributed by atoms with Crippen LogP contribution in [0.2, 0.25) is 0 Å². The van der Waals surface area contributed by atoms with Gasteiger partial charge in [0.2, 0.25) is 0 Å². The third kappa shape index (κ3) is 5.81. The molecule has 13 rings (SSSR count). The van der Waals surface area contributed by atoms with Crippen LogP contribution in [0, 0.1) is 0 Å². The molecule has 0 aliphatic rings. The Morgan fingerprint density at radius 3 is 1.66 bits per heavy atom. The highest BCUT2D eigenvalue weighted by molar-refractivity contribution is 6.28. The molecule has 9 aromatic carbocycles. The molecule has 13 aromatic rings. The molecule has 6 heteroatoms. The van der Waals surface area contributed by atoms with Gasteiger partial charge in [0.15, 0.2) is 17.5 Å². The van der Waals surface area contributed by atoms with Crippen molar-refractivity contribution >= 4 is 65.6 Å². The van der Waals surface area contributed by atoms with Gasteiger partial charge in [-0.1, -0.05) is 170 Å². The summed E-state index contributed by atoms with van der Waals surface area (Å²) in [6, 6.07) is 71.0. The maximum absolute atomic E-state index is 6.73. The van der Waals surface area contributed by atoms with E-state index in [9.17, 15) is 0 Å². The smallest absolute Gasteiger partial charge is 0.167 e. The van der Waals surface area contributed by atoms with Crippen LogP contribution in [0.1, 0.15) is 0 Å². The van der Waals surface area contributed by atoms with Gasteiger partial charge in [0.05, 0.1) is 16.8 Å². The third-order valence-corrected chi connectivity index (χ3v) is 12.3. The summed E-state index contributed by atoms with van der Waals surface area (Å²) in [5, 5.41) is 7.31. The van der Waals surface area contributed by atoms with Crippen molar-refractivity contribution in [2.75, 3.05) is 0 Å². The number of benzene rings is 9. The number of hydrogen-bond acceptors (Lipinski definition) is 6. The highest BCUT2D eigenvalue weighted by Gasteiger charge is 2.23. The minimum atomic E-state index is 0.535. The fraction of sp³-hybridized carbons (Fsp3) is 0. The standard InChI is InChI=1S/C58H34N4O2/c1-3-15-35(16-4-1)36-29-31-37(32-30-36)54-46-34-50-53(44-23-9-12-28-49(44)63-50)51(52(46)43-22-7-10-26-47(43)59-54)39-19-13-20-40(33-39)57-60-56(38-17-5-2-6-18-38)61-58(62-57)45-25-14-24-42-41-21-8-11-27-48(41)64-55(42)45/h1-34H. The van der Waals surface area contributed by atoms with Crippen molar-refractivity contribution < 1.29 is 8.83 Å². The summed E-state index contributed by atoms with van der Waals surface area (Å²) in [5.74, 6) is 1.66. The molecule has 0 amide bonds. The van der Waals surface area contributed by atoms with E-state index in [1.807, 2.05) is 78.9 Å². The maximum atomic E-state index is 6.73. The molecule has 0 unspecified atom stereocenters. The van der Waals surface area contributed by atoms with Gasteiger partial charge in [-0.3, -0.25) is 0 Å². The molecule has 0 saturated carbocycles. The molecule has 0 aliphatic heterocycles. The van der Waals surface area contributed by atoms with Gasteiger partial charge >= 0.3 is 0 Å². The first-order valence-corrected chi connectivity index (χ1v) is 21.4. The fourth-order valence-electron chi connectivity index (χ4n) is 9.36. The molecule has 0 N–H and O–H groups in total. The van der Waals surface area contributed by atoms with E-state index in [2.05, 4.69) is 127 Å². The second-order valence-corrected chi connectivity index (χ2v) is 16.1. The first-order valence-electron chi connectivity index (χ1n) is 21.4. The molecule has 0 saturated heterocycles. The monoisotopic (exact) mass is 818 g/mol. The molecule has 0 bridgehead atoms. The molecule has 0 radical (unpaired) electrons. The SMILES string of the molecule is c1ccc(-c2ccc(-c3nc4ccccc4c4c(-c5cccc(-c6nc(-c7ccccc7)nc(-c7cccc8c7oc7ccccc78)n6)c5)c5c(cc34)oc3ccccc35)cc2)cc1. The Bertz CT molecular complexity index is 3950. The van der Waals surface area contributed by atoms with Crippen molar-refractivity contribution in [1.82, 2.24) is 19.9 Å². The Labute approximate surface area is 366 Å². The Morgan fingerprint density at radius 1 is 0.297 bits per heavy atom. The minimum absolute atomic E-state index is 0.535. The van der Waals surface area contributed by atoms with Gasteiger partial charge in [-0.2, -0.15) is 0 Å². The quantitative estimate of drug-likeness (QED) is 0.156. The highest BCUT2D eigenvalue weighted by Crippen LogP contribution is 2.47. The average molecular weight is 819 g/mol. The Hall–Kier alpha value is -8.74.